The van der Waals surface area contributed by atoms with E-state index >= 15 is 0 Å². The van der Waals surface area contributed by atoms with E-state index in [1.807, 2.05) is 30.6 Å². The number of para-hydroxylation sites is 1. The third kappa shape index (κ3) is 1.95. The summed E-state index contributed by atoms with van der Waals surface area (Å²) in [5.41, 5.74) is 3.06. The van der Waals surface area contributed by atoms with Gasteiger partial charge < -0.3 is 9.55 Å². The van der Waals surface area contributed by atoms with Gasteiger partial charge in [0.1, 0.15) is 5.03 Å². The second kappa shape index (κ2) is 5.06. The van der Waals surface area contributed by atoms with Crippen LogP contribution >= 0.6 is 0 Å². The zero-order chi connectivity index (χ0) is 15.1. The number of hydrogen-bond donors (Lipinski definition) is 1. The molecule has 6 heteroatoms. The Balaban J connectivity index is 1.97. The Kier molecular flexibility index (Phi) is 3.04. The number of aromatic amines is 1. The molecule has 4 rings (SSSR count). The van der Waals surface area contributed by atoms with Crippen LogP contribution in [0.2, 0.25) is 0 Å². The van der Waals surface area contributed by atoms with Gasteiger partial charge in [-0.3, -0.25) is 9.19 Å². The summed E-state index contributed by atoms with van der Waals surface area (Å²) >= 11 is 0. The first kappa shape index (κ1) is 13.2. The topological polar surface area (TPSA) is 63.6 Å². The van der Waals surface area contributed by atoms with Crippen molar-refractivity contribution >= 4 is 32.6 Å². The lowest BCUT2D eigenvalue weighted by Crippen LogP contribution is -2.03. The number of imidazole rings is 1. The van der Waals surface area contributed by atoms with Gasteiger partial charge in [-0.2, -0.15) is 0 Å². The highest BCUT2D eigenvalue weighted by molar-refractivity contribution is 7.84. The van der Waals surface area contributed by atoms with Crippen LogP contribution in [0.4, 0.5) is 0 Å². The smallest absolute Gasteiger partial charge is 0.149 e. The summed E-state index contributed by atoms with van der Waals surface area (Å²) in [6.45, 7) is 0.588. The van der Waals surface area contributed by atoms with Gasteiger partial charge >= 0.3 is 0 Å². The van der Waals surface area contributed by atoms with Crippen LogP contribution < -0.4 is 0 Å². The maximum Gasteiger partial charge on any atom is 0.149 e. The second-order valence-electron chi connectivity index (χ2n) is 5.14. The molecule has 0 fully saturated rings. The molecule has 22 heavy (non-hydrogen) atoms. The summed E-state index contributed by atoms with van der Waals surface area (Å²) in [6.07, 6.45) is 6.92. The van der Waals surface area contributed by atoms with Gasteiger partial charge in [-0.1, -0.05) is 18.2 Å². The maximum atomic E-state index is 11.8. The van der Waals surface area contributed by atoms with Crippen molar-refractivity contribution in [2.45, 2.75) is 11.6 Å². The predicted molar refractivity (Wildman–Crippen MR) is 87.3 cm³/mol. The molecular weight excluding hydrogens is 296 g/mol. The number of nitrogens with zero attached hydrogens (tertiary/aromatic N) is 3. The number of nitrogens with one attached hydrogen (secondary N) is 1. The number of benzene rings is 1. The minimum absolute atomic E-state index is 0.588. The van der Waals surface area contributed by atoms with Gasteiger partial charge in [-0.25, -0.2) is 4.98 Å². The third-order valence-corrected chi connectivity index (χ3v) is 4.74. The van der Waals surface area contributed by atoms with E-state index in [1.54, 1.807) is 12.6 Å². The molecule has 0 saturated heterocycles. The molecule has 3 aromatic heterocycles. The average molecular weight is 310 g/mol. The summed E-state index contributed by atoms with van der Waals surface area (Å²) in [6, 6.07) is 10.3. The van der Waals surface area contributed by atoms with Crippen LogP contribution in [0.3, 0.4) is 0 Å². The minimum atomic E-state index is -1.11. The zero-order valence-electron chi connectivity index (χ0n) is 12.0. The monoisotopic (exact) mass is 310 g/mol. The molecule has 0 aliphatic carbocycles. The fourth-order valence-electron chi connectivity index (χ4n) is 2.89. The molecule has 110 valence electrons. The van der Waals surface area contributed by atoms with Crippen LogP contribution in [-0.2, 0) is 17.3 Å². The molecule has 1 atom stereocenters. The summed E-state index contributed by atoms with van der Waals surface area (Å²) in [5, 5.41) is 2.97. The van der Waals surface area contributed by atoms with Crippen molar-refractivity contribution in [3.63, 3.8) is 0 Å². The quantitative estimate of drug-likeness (QED) is 0.633. The van der Waals surface area contributed by atoms with Crippen LogP contribution in [0.25, 0.3) is 21.8 Å². The van der Waals surface area contributed by atoms with Crippen molar-refractivity contribution in [1.82, 2.24) is 19.5 Å². The van der Waals surface area contributed by atoms with Gasteiger partial charge in [0.05, 0.1) is 41.1 Å². The number of pyridine rings is 1. The van der Waals surface area contributed by atoms with E-state index in [-0.39, 0.29) is 0 Å². The number of H-pyrrole nitrogens is 1. The first-order valence-corrected chi connectivity index (χ1v) is 8.48. The lowest BCUT2D eigenvalue weighted by atomic mass is 10.2. The lowest BCUT2D eigenvalue weighted by Gasteiger charge is -2.06. The molecule has 1 aromatic carbocycles. The highest BCUT2D eigenvalue weighted by atomic mass is 32.2. The standard InChI is InChI=1S/C16H14N4OS/c1-22(21)16-13(18-10-19-16)9-20-14-5-3-2-4-11(14)12-6-7-17-8-15(12)20/h2-8,10H,9H2,1H3,(H,18,19). The van der Waals surface area contributed by atoms with Gasteiger partial charge in [0.25, 0.3) is 0 Å². The number of aromatic nitrogens is 4. The Morgan fingerprint density at radius 2 is 2.00 bits per heavy atom. The molecule has 0 radical (unpaired) electrons. The van der Waals surface area contributed by atoms with Crippen LogP contribution in [-0.4, -0.2) is 30.0 Å². The predicted octanol–water partition coefficient (Wildman–Crippen LogP) is 2.70. The molecule has 4 aromatic rings. The molecule has 1 N–H and O–H groups in total. The zero-order valence-corrected chi connectivity index (χ0v) is 12.8. The van der Waals surface area contributed by atoms with Crippen molar-refractivity contribution in [2.24, 2.45) is 0 Å². The molecule has 0 spiro atoms. The minimum Gasteiger partial charge on any atom is -0.346 e. The molecule has 0 bridgehead atoms. The Morgan fingerprint density at radius 3 is 2.86 bits per heavy atom. The van der Waals surface area contributed by atoms with Crippen molar-refractivity contribution in [3.05, 3.63) is 54.7 Å². The van der Waals surface area contributed by atoms with Crippen LogP contribution in [0.5, 0.6) is 0 Å². The van der Waals surface area contributed by atoms with Crippen LogP contribution in [0, 0.1) is 0 Å². The lowest BCUT2D eigenvalue weighted by molar-refractivity contribution is 0.682. The molecule has 5 nitrogen and oxygen atoms in total. The molecule has 0 aliphatic heterocycles. The van der Waals surface area contributed by atoms with E-state index in [0.717, 1.165) is 16.7 Å². The van der Waals surface area contributed by atoms with E-state index in [2.05, 4.69) is 31.7 Å². The Bertz CT molecular complexity index is 948. The average Bonchev–Trinajstić information content (AvgIpc) is 3.12. The van der Waals surface area contributed by atoms with E-state index in [4.69, 9.17) is 0 Å². The fraction of sp³-hybridized carbons (Fsp3) is 0.125. The van der Waals surface area contributed by atoms with Crippen LogP contribution in [0.1, 0.15) is 5.69 Å². The normalized spacial score (nSPS) is 13.0. The summed E-state index contributed by atoms with van der Waals surface area (Å²) in [5.74, 6) is 0. The number of fused-ring (bicyclic) bond motifs is 3. The highest BCUT2D eigenvalue weighted by Gasteiger charge is 2.14. The third-order valence-electron chi connectivity index (χ3n) is 3.84. The van der Waals surface area contributed by atoms with Crippen LogP contribution in [0.15, 0.2) is 54.1 Å². The molecule has 1 unspecified atom stereocenters. The summed E-state index contributed by atoms with van der Waals surface area (Å²) in [7, 11) is -1.11. The van der Waals surface area contributed by atoms with Crippen molar-refractivity contribution in [3.8, 4) is 0 Å². The molecular formula is C16H14N4OS. The Hall–Kier alpha value is -2.47. The first-order chi connectivity index (χ1) is 10.8. The first-order valence-electron chi connectivity index (χ1n) is 6.92. The Labute approximate surface area is 129 Å². The molecule has 0 saturated carbocycles. The summed E-state index contributed by atoms with van der Waals surface area (Å²) in [4.78, 5) is 11.5. The van der Waals surface area contributed by atoms with Crippen molar-refractivity contribution in [2.75, 3.05) is 6.26 Å². The van der Waals surface area contributed by atoms with Gasteiger partial charge in [-0.05, 0) is 12.1 Å². The molecule has 3 heterocycles. The maximum absolute atomic E-state index is 11.8. The highest BCUT2D eigenvalue weighted by Crippen LogP contribution is 2.29. The van der Waals surface area contributed by atoms with Gasteiger partial charge in [0.15, 0.2) is 0 Å². The van der Waals surface area contributed by atoms with Gasteiger partial charge in [-0.15, -0.1) is 0 Å². The fourth-order valence-corrected chi connectivity index (χ4v) is 3.57. The number of hydrogen-bond acceptors (Lipinski definition) is 3. The van der Waals surface area contributed by atoms with E-state index < -0.39 is 10.8 Å². The summed E-state index contributed by atoms with van der Waals surface area (Å²) < 4.78 is 14.0. The Morgan fingerprint density at radius 1 is 1.18 bits per heavy atom. The molecule has 0 aliphatic rings. The van der Waals surface area contributed by atoms with Gasteiger partial charge in [0.2, 0.25) is 0 Å². The van der Waals surface area contributed by atoms with E-state index in [9.17, 15) is 4.21 Å². The van der Waals surface area contributed by atoms with E-state index in [0.29, 0.717) is 11.6 Å². The SMILES string of the molecule is CS(=O)c1nc[nH]c1Cn1c2ccccc2c2ccncc21. The molecule has 0 amide bonds. The second-order valence-corrected chi connectivity index (χ2v) is 6.43. The number of rotatable bonds is 3. The van der Waals surface area contributed by atoms with Crippen molar-refractivity contribution < 1.29 is 4.21 Å². The van der Waals surface area contributed by atoms with Crippen molar-refractivity contribution in [1.29, 1.82) is 0 Å². The largest absolute Gasteiger partial charge is 0.346 e. The van der Waals surface area contributed by atoms with E-state index in [1.165, 1.54) is 10.8 Å². The van der Waals surface area contributed by atoms with Gasteiger partial charge in [0, 0.05) is 28.7 Å².